The lowest BCUT2D eigenvalue weighted by molar-refractivity contribution is 0.717. The molecule has 2 aromatic rings. The minimum Gasteiger partial charge on any atom is -0.389 e. The molecule has 0 radical (unpaired) electrons. The topological polar surface area (TPSA) is 62.7 Å². The van der Waals surface area contributed by atoms with Crippen molar-refractivity contribution in [2.45, 2.75) is 31.6 Å². The highest BCUT2D eigenvalue weighted by Gasteiger charge is 2.22. The zero-order valence-corrected chi connectivity index (χ0v) is 11.4. The van der Waals surface area contributed by atoms with Crippen molar-refractivity contribution in [2.75, 3.05) is 5.73 Å². The molecule has 1 aromatic carbocycles. The Morgan fingerprint density at radius 3 is 2.53 bits per heavy atom. The molecule has 3 nitrogen and oxygen atoms in total. The fourth-order valence-corrected chi connectivity index (χ4v) is 3.63. The van der Waals surface area contributed by atoms with Gasteiger partial charge in [0.15, 0.2) is 0 Å². The van der Waals surface area contributed by atoms with Gasteiger partial charge in [0.2, 0.25) is 0 Å². The number of hydrogen-bond acceptors (Lipinski definition) is 4. The summed E-state index contributed by atoms with van der Waals surface area (Å²) in [4.78, 5) is 4.73. The molecule has 3 rings (SSSR count). The van der Waals surface area contributed by atoms with Crippen molar-refractivity contribution in [3.63, 3.8) is 0 Å². The number of rotatable bonds is 2. The smallest absolute Gasteiger partial charge is 0.114 e. The highest BCUT2D eigenvalue weighted by Crippen LogP contribution is 2.40. The Kier molecular flexibility index (Phi) is 3.22. The number of aromatic nitrogens is 1. The molecule has 1 fully saturated rings. The summed E-state index contributed by atoms with van der Waals surface area (Å²) in [5.41, 5.74) is 8.63. The first-order chi connectivity index (χ1) is 9.28. The van der Waals surface area contributed by atoms with Crippen LogP contribution in [0.15, 0.2) is 24.3 Å². The average Bonchev–Trinajstić information content (AvgIpc) is 3.08. The first-order valence-electron chi connectivity index (χ1n) is 6.54. The molecule has 1 aromatic heterocycles. The summed E-state index contributed by atoms with van der Waals surface area (Å²) in [5.74, 6) is 0.597. The summed E-state index contributed by atoms with van der Waals surface area (Å²) in [6.07, 6.45) is 5.08. The van der Waals surface area contributed by atoms with E-state index < -0.39 is 0 Å². The highest BCUT2D eigenvalue weighted by molar-refractivity contribution is 7.16. The number of nitrogens with zero attached hydrogens (tertiary/aromatic N) is 2. The van der Waals surface area contributed by atoms with Gasteiger partial charge in [-0.3, -0.25) is 0 Å². The van der Waals surface area contributed by atoms with Crippen molar-refractivity contribution in [3.8, 4) is 17.3 Å². The minimum absolute atomic E-state index is 0.597. The molecule has 1 saturated carbocycles. The van der Waals surface area contributed by atoms with Gasteiger partial charge in [-0.05, 0) is 25.0 Å². The van der Waals surface area contributed by atoms with Gasteiger partial charge in [0.05, 0.1) is 16.6 Å². The third kappa shape index (κ3) is 2.34. The van der Waals surface area contributed by atoms with Crippen molar-refractivity contribution >= 4 is 16.3 Å². The van der Waals surface area contributed by atoms with Gasteiger partial charge in [-0.2, -0.15) is 5.26 Å². The first-order valence-corrected chi connectivity index (χ1v) is 7.36. The molecular weight excluding hydrogens is 254 g/mol. The predicted molar refractivity (Wildman–Crippen MR) is 77.9 cm³/mol. The maximum atomic E-state index is 8.81. The van der Waals surface area contributed by atoms with Crippen LogP contribution in [0.5, 0.6) is 0 Å². The van der Waals surface area contributed by atoms with Crippen molar-refractivity contribution < 1.29 is 0 Å². The maximum Gasteiger partial charge on any atom is 0.114 e. The molecule has 0 bridgehead atoms. The summed E-state index contributed by atoms with van der Waals surface area (Å²) in [5, 5.41) is 10.8. The fourth-order valence-electron chi connectivity index (χ4n) is 2.61. The van der Waals surface area contributed by atoms with Gasteiger partial charge in [0.25, 0.3) is 0 Å². The summed E-state index contributed by atoms with van der Waals surface area (Å²) < 4.78 is 0. The minimum atomic E-state index is 0.597. The lowest BCUT2D eigenvalue weighted by Crippen LogP contribution is -1.91. The first kappa shape index (κ1) is 12.2. The Balaban J connectivity index is 1.93. The zero-order valence-electron chi connectivity index (χ0n) is 10.6. The van der Waals surface area contributed by atoms with E-state index >= 15 is 0 Å². The number of nitrogens with two attached hydrogens (primary N) is 1. The Labute approximate surface area is 116 Å². The van der Waals surface area contributed by atoms with E-state index in [0.29, 0.717) is 11.5 Å². The number of anilines is 1. The molecule has 96 valence electrons. The second-order valence-corrected chi connectivity index (χ2v) is 6.00. The molecule has 19 heavy (non-hydrogen) atoms. The second kappa shape index (κ2) is 5.02. The molecule has 2 N–H and O–H groups in total. The third-order valence-corrected chi connectivity index (χ3v) is 4.71. The van der Waals surface area contributed by atoms with Crippen molar-refractivity contribution in [1.29, 1.82) is 5.26 Å². The van der Waals surface area contributed by atoms with Gasteiger partial charge in [0, 0.05) is 11.5 Å². The molecule has 0 amide bonds. The van der Waals surface area contributed by atoms with E-state index in [4.69, 9.17) is 16.0 Å². The van der Waals surface area contributed by atoms with Gasteiger partial charge in [-0.15, -0.1) is 11.3 Å². The molecule has 1 heterocycles. The van der Waals surface area contributed by atoms with E-state index in [0.717, 1.165) is 16.3 Å². The maximum absolute atomic E-state index is 8.81. The van der Waals surface area contributed by atoms with Crippen LogP contribution in [0.4, 0.5) is 5.00 Å². The van der Waals surface area contributed by atoms with Gasteiger partial charge < -0.3 is 5.73 Å². The van der Waals surface area contributed by atoms with Crippen molar-refractivity contribution in [3.05, 3.63) is 34.8 Å². The Bertz CT molecular complexity index is 616. The molecule has 4 heteroatoms. The predicted octanol–water partition coefficient (Wildman–Crippen LogP) is 3.92. The second-order valence-electron chi connectivity index (χ2n) is 4.94. The molecule has 1 aliphatic carbocycles. The van der Waals surface area contributed by atoms with Crippen LogP contribution in [0.1, 0.15) is 42.2 Å². The molecular formula is C15H15N3S. The van der Waals surface area contributed by atoms with Gasteiger partial charge in [-0.1, -0.05) is 25.0 Å². The number of nitrogen functional groups attached to an aromatic ring is 1. The van der Waals surface area contributed by atoms with Gasteiger partial charge in [-0.25, -0.2) is 4.98 Å². The van der Waals surface area contributed by atoms with Crippen LogP contribution < -0.4 is 5.73 Å². The van der Waals surface area contributed by atoms with E-state index in [9.17, 15) is 0 Å². The molecule has 0 atom stereocenters. The SMILES string of the molecule is N#Cc1ccc(-c2nc(C3CCCC3)sc2N)cc1. The fraction of sp³-hybridized carbons (Fsp3) is 0.333. The van der Waals surface area contributed by atoms with Crippen LogP contribution in [0.2, 0.25) is 0 Å². The lowest BCUT2D eigenvalue weighted by Gasteiger charge is -2.02. The summed E-state index contributed by atoms with van der Waals surface area (Å²) in [6.45, 7) is 0. The summed E-state index contributed by atoms with van der Waals surface area (Å²) >= 11 is 1.62. The van der Waals surface area contributed by atoms with E-state index in [2.05, 4.69) is 6.07 Å². The van der Waals surface area contributed by atoms with E-state index in [1.54, 1.807) is 11.3 Å². The van der Waals surface area contributed by atoms with Gasteiger partial charge in [0.1, 0.15) is 10.7 Å². The lowest BCUT2D eigenvalue weighted by atomic mass is 10.1. The normalized spacial score (nSPS) is 15.5. The Morgan fingerprint density at radius 2 is 1.89 bits per heavy atom. The standard InChI is InChI=1S/C15H15N3S/c16-9-10-5-7-11(8-6-10)13-14(17)19-15(18-13)12-3-1-2-4-12/h5-8,12H,1-4,17H2. The van der Waals surface area contributed by atoms with Crippen molar-refractivity contribution in [1.82, 2.24) is 4.98 Å². The zero-order chi connectivity index (χ0) is 13.2. The van der Waals surface area contributed by atoms with E-state index in [1.807, 2.05) is 24.3 Å². The van der Waals surface area contributed by atoms with Crippen LogP contribution in [-0.4, -0.2) is 4.98 Å². The third-order valence-electron chi connectivity index (χ3n) is 3.66. The Hall–Kier alpha value is -1.86. The molecule has 0 saturated heterocycles. The number of hydrogen-bond donors (Lipinski definition) is 1. The van der Waals surface area contributed by atoms with Gasteiger partial charge >= 0.3 is 0 Å². The van der Waals surface area contributed by atoms with Crippen LogP contribution in [-0.2, 0) is 0 Å². The Morgan fingerprint density at radius 1 is 1.21 bits per heavy atom. The number of benzene rings is 1. The molecule has 0 aliphatic heterocycles. The van der Waals surface area contributed by atoms with E-state index in [1.165, 1.54) is 30.7 Å². The van der Waals surface area contributed by atoms with Crippen LogP contribution in [0, 0.1) is 11.3 Å². The van der Waals surface area contributed by atoms with E-state index in [-0.39, 0.29) is 0 Å². The van der Waals surface area contributed by atoms with Crippen LogP contribution in [0.3, 0.4) is 0 Å². The number of thiazole rings is 1. The van der Waals surface area contributed by atoms with Crippen LogP contribution >= 0.6 is 11.3 Å². The largest absolute Gasteiger partial charge is 0.389 e. The molecule has 1 aliphatic rings. The number of nitriles is 1. The average molecular weight is 269 g/mol. The van der Waals surface area contributed by atoms with Crippen molar-refractivity contribution in [2.24, 2.45) is 0 Å². The van der Waals surface area contributed by atoms with Crippen LogP contribution in [0.25, 0.3) is 11.3 Å². The molecule has 0 unspecified atom stereocenters. The summed E-state index contributed by atoms with van der Waals surface area (Å²) in [6, 6.07) is 9.58. The molecule has 0 spiro atoms. The monoisotopic (exact) mass is 269 g/mol. The quantitative estimate of drug-likeness (QED) is 0.898. The summed E-state index contributed by atoms with van der Waals surface area (Å²) in [7, 11) is 0. The highest BCUT2D eigenvalue weighted by atomic mass is 32.1.